The summed E-state index contributed by atoms with van der Waals surface area (Å²) in [6, 6.07) is 5.52. The Morgan fingerprint density at radius 2 is 2.43 bits per heavy atom. The van der Waals surface area contributed by atoms with Gasteiger partial charge in [-0.25, -0.2) is 0 Å². The number of halogens is 1. The number of hydrogen-bond acceptors (Lipinski definition) is 2. The summed E-state index contributed by atoms with van der Waals surface area (Å²) in [5.41, 5.74) is 2.69. The SMILES string of the molecule is CNC(=O)c1ccc2c(c1)C(Cl)CN2. The number of rotatable bonds is 1. The van der Waals surface area contributed by atoms with Crippen LogP contribution in [0.2, 0.25) is 0 Å². The van der Waals surface area contributed by atoms with Crippen LogP contribution >= 0.6 is 11.6 Å². The second kappa shape index (κ2) is 3.50. The van der Waals surface area contributed by atoms with Crippen molar-refractivity contribution in [2.45, 2.75) is 5.38 Å². The van der Waals surface area contributed by atoms with E-state index in [1.54, 1.807) is 13.1 Å². The topological polar surface area (TPSA) is 41.1 Å². The highest BCUT2D eigenvalue weighted by Gasteiger charge is 2.20. The molecule has 0 bridgehead atoms. The number of carbonyl (C=O) groups is 1. The highest BCUT2D eigenvalue weighted by atomic mass is 35.5. The van der Waals surface area contributed by atoms with Gasteiger partial charge in [-0.3, -0.25) is 4.79 Å². The van der Waals surface area contributed by atoms with E-state index in [0.717, 1.165) is 17.8 Å². The van der Waals surface area contributed by atoms with Crippen molar-refractivity contribution in [1.29, 1.82) is 0 Å². The first-order chi connectivity index (χ1) is 6.72. The molecule has 3 nitrogen and oxygen atoms in total. The molecule has 0 aliphatic carbocycles. The van der Waals surface area contributed by atoms with Gasteiger partial charge in [0.25, 0.3) is 5.91 Å². The summed E-state index contributed by atoms with van der Waals surface area (Å²) in [5, 5.41) is 5.72. The van der Waals surface area contributed by atoms with Gasteiger partial charge in [-0.15, -0.1) is 11.6 Å². The molecule has 1 aromatic carbocycles. The molecule has 1 unspecified atom stereocenters. The van der Waals surface area contributed by atoms with Crippen molar-refractivity contribution >= 4 is 23.2 Å². The van der Waals surface area contributed by atoms with Crippen molar-refractivity contribution in [1.82, 2.24) is 5.32 Å². The lowest BCUT2D eigenvalue weighted by molar-refractivity contribution is 0.0963. The van der Waals surface area contributed by atoms with Crippen LogP contribution in [0.3, 0.4) is 0 Å². The number of alkyl halides is 1. The molecule has 1 amide bonds. The molecule has 2 rings (SSSR count). The largest absolute Gasteiger partial charge is 0.383 e. The number of nitrogens with one attached hydrogen (secondary N) is 2. The third-order valence-corrected chi connectivity index (χ3v) is 2.74. The molecular weight excluding hydrogens is 200 g/mol. The van der Waals surface area contributed by atoms with E-state index in [2.05, 4.69) is 10.6 Å². The predicted molar refractivity (Wildman–Crippen MR) is 56.9 cm³/mol. The van der Waals surface area contributed by atoms with Gasteiger partial charge < -0.3 is 10.6 Å². The minimum atomic E-state index is -0.0800. The number of anilines is 1. The molecule has 0 saturated heterocycles. The quantitative estimate of drug-likeness (QED) is 0.694. The van der Waals surface area contributed by atoms with E-state index in [-0.39, 0.29) is 11.3 Å². The summed E-state index contributed by atoms with van der Waals surface area (Å²) in [6.07, 6.45) is 0. The van der Waals surface area contributed by atoms with Crippen molar-refractivity contribution in [3.05, 3.63) is 29.3 Å². The minimum Gasteiger partial charge on any atom is -0.383 e. The van der Waals surface area contributed by atoms with Crippen LogP contribution in [0.25, 0.3) is 0 Å². The Labute approximate surface area is 87.4 Å². The van der Waals surface area contributed by atoms with Crippen LogP contribution in [0.4, 0.5) is 5.69 Å². The minimum absolute atomic E-state index is 0.0328. The van der Waals surface area contributed by atoms with Gasteiger partial charge in [0.15, 0.2) is 0 Å². The summed E-state index contributed by atoms with van der Waals surface area (Å²) in [6.45, 7) is 0.730. The third kappa shape index (κ3) is 1.44. The van der Waals surface area contributed by atoms with Crippen LogP contribution in [0, 0.1) is 0 Å². The van der Waals surface area contributed by atoms with Gasteiger partial charge in [-0.1, -0.05) is 0 Å². The highest BCUT2D eigenvalue weighted by molar-refractivity contribution is 6.22. The summed E-state index contributed by atoms with van der Waals surface area (Å²) < 4.78 is 0. The van der Waals surface area contributed by atoms with E-state index in [0.29, 0.717) is 5.56 Å². The van der Waals surface area contributed by atoms with E-state index < -0.39 is 0 Å². The van der Waals surface area contributed by atoms with Crippen LogP contribution in [-0.2, 0) is 0 Å². The first-order valence-corrected chi connectivity index (χ1v) is 4.90. The standard InChI is InChI=1S/C10H11ClN2O/c1-12-10(14)6-2-3-9-7(4-6)8(11)5-13-9/h2-4,8,13H,5H2,1H3,(H,12,14). The van der Waals surface area contributed by atoms with Gasteiger partial charge in [-0.05, 0) is 23.8 Å². The lowest BCUT2D eigenvalue weighted by Crippen LogP contribution is -2.17. The van der Waals surface area contributed by atoms with Crippen molar-refractivity contribution in [3.63, 3.8) is 0 Å². The molecule has 1 aliphatic rings. The summed E-state index contributed by atoms with van der Waals surface area (Å²) in [5.74, 6) is -0.0800. The monoisotopic (exact) mass is 210 g/mol. The molecule has 74 valence electrons. The Bertz CT molecular complexity index is 378. The van der Waals surface area contributed by atoms with Crippen molar-refractivity contribution < 1.29 is 4.79 Å². The molecule has 4 heteroatoms. The lowest BCUT2D eigenvalue weighted by Gasteiger charge is -2.04. The molecule has 0 spiro atoms. The lowest BCUT2D eigenvalue weighted by atomic mass is 10.1. The van der Waals surface area contributed by atoms with Gasteiger partial charge in [0, 0.05) is 24.8 Å². The number of fused-ring (bicyclic) bond motifs is 1. The van der Waals surface area contributed by atoms with Gasteiger partial charge in [0.05, 0.1) is 5.38 Å². The molecule has 1 atom stereocenters. The zero-order valence-electron chi connectivity index (χ0n) is 7.80. The molecule has 14 heavy (non-hydrogen) atoms. The Morgan fingerprint density at radius 1 is 1.64 bits per heavy atom. The summed E-state index contributed by atoms with van der Waals surface area (Å²) in [7, 11) is 1.62. The number of benzene rings is 1. The maximum atomic E-state index is 11.3. The van der Waals surface area contributed by atoms with E-state index in [4.69, 9.17) is 11.6 Å². The van der Waals surface area contributed by atoms with E-state index in [9.17, 15) is 4.79 Å². The molecule has 0 saturated carbocycles. The number of hydrogen-bond donors (Lipinski definition) is 2. The fourth-order valence-electron chi connectivity index (χ4n) is 1.58. The Balaban J connectivity index is 2.39. The van der Waals surface area contributed by atoms with E-state index in [1.807, 2.05) is 12.1 Å². The fourth-order valence-corrected chi connectivity index (χ4v) is 1.84. The average Bonchev–Trinajstić information content (AvgIpc) is 2.59. The Hall–Kier alpha value is -1.22. The van der Waals surface area contributed by atoms with Crippen molar-refractivity contribution in [2.75, 3.05) is 18.9 Å². The van der Waals surface area contributed by atoms with Gasteiger partial charge in [-0.2, -0.15) is 0 Å². The van der Waals surface area contributed by atoms with Crippen LogP contribution < -0.4 is 10.6 Å². The van der Waals surface area contributed by atoms with Gasteiger partial charge >= 0.3 is 0 Å². The molecule has 0 fully saturated rings. The Morgan fingerprint density at radius 3 is 3.14 bits per heavy atom. The second-order valence-corrected chi connectivity index (χ2v) is 3.76. The molecule has 1 heterocycles. The zero-order chi connectivity index (χ0) is 10.1. The molecule has 1 aromatic rings. The normalized spacial score (nSPS) is 18.6. The second-order valence-electron chi connectivity index (χ2n) is 3.23. The molecule has 0 aromatic heterocycles. The van der Waals surface area contributed by atoms with Crippen molar-refractivity contribution in [3.8, 4) is 0 Å². The predicted octanol–water partition coefficient (Wildman–Crippen LogP) is 1.75. The fraction of sp³-hybridized carbons (Fsp3) is 0.300. The van der Waals surface area contributed by atoms with E-state index >= 15 is 0 Å². The first-order valence-electron chi connectivity index (χ1n) is 4.46. The number of carbonyl (C=O) groups excluding carboxylic acids is 1. The molecule has 0 radical (unpaired) electrons. The summed E-state index contributed by atoms with van der Waals surface area (Å²) >= 11 is 6.07. The van der Waals surface area contributed by atoms with Crippen LogP contribution in [0.1, 0.15) is 21.3 Å². The average molecular weight is 211 g/mol. The number of amides is 1. The van der Waals surface area contributed by atoms with Crippen molar-refractivity contribution in [2.24, 2.45) is 0 Å². The first kappa shape index (κ1) is 9.34. The molecule has 1 aliphatic heterocycles. The van der Waals surface area contributed by atoms with E-state index in [1.165, 1.54) is 0 Å². The maximum absolute atomic E-state index is 11.3. The van der Waals surface area contributed by atoms with Crippen LogP contribution in [-0.4, -0.2) is 19.5 Å². The summed E-state index contributed by atoms with van der Waals surface area (Å²) in [4.78, 5) is 11.3. The van der Waals surface area contributed by atoms with Gasteiger partial charge in [0.1, 0.15) is 0 Å². The van der Waals surface area contributed by atoms with Crippen LogP contribution in [0.5, 0.6) is 0 Å². The maximum Gasteiger partial charge on any atom is 0.251 e. The highest BCUT2D eigenvalue weighted by Crippen LogP contribution is 2.34. The third-order valence-electron chi connectivity index (χ3n) is 2.35. The van der Waals surface area contributed by atoms with Gasteiger partial charge in [0.2, 0.25) is 0 Å². The Kier molecular flexibility index (Phi) is 2.33. The molecule has 2 N–H and O–H groups in total. The zero-order valence-corrected chi connectivity index (χ0v) is 8.56. The smallest absolute Gasteiger partial charge is 0.251 e. The molecular formula is C10H11ClN2O. The van der Waals surface area contributed by atoms with Crippen LogP contribution in [0.15, 0.2) is 18.2 Å².